The molecule has 23 heavy (non-hydrogen) atoms. The molecule has 4 heteroatoms. The van der Waals surface area contributed by atoms with Gasteiger partial charge in [0.15, 0.2) is 0 Å². The van der Waals surface area contributed by atoms with Gasteiger partial charge in [-0.2, -0.15) is 0 Å². The number of amides is 2. The van der Waals surface area contributed by atoms with Crippen LogP contribution in [-0.4, -0.2) is 21.2 Å². The van der Waals surface area contributed by atoms with Gasteiger partial charge in [-0.25, -0.2) is 4.79 Å². The Morgan fingerprint density at radius 2 is 1.52 bits per heavy atom. The lowest BCUT2D eigenvalue weighted by Crippen LogP contribution is -2.43. The number of benzene rings is 2. The molecule has 0 atom stereocenters. The number of carbonyl (C=O) groups is 1. The van der Waals surface area contributed by atoms with Crippen LogP contribution in [0.25, 0.3) is 0 Å². The number of urea groups is 1. The maximum absolute atomic E-state index is 12.7. The van der Waals surface area contributed by atoms with Crippen molar-refractivity contribution in [2.45, 2.75) is 33.5 Å². The van der Waals surface area contributed by atoms with Crippen LogP contribution >= 0.6 is 0 Å². The summed E-state index contributed by atoms with van der Waals surface area (Å²) in [6.45, 7) is 10.9. The van der Waals surface area contributed by atoms with Crippen molar-refractivity contribution in [1.29, 1.82) is 0 Å². The standard InChI is InChI=1S/C19H26N2OSi/c1-14-10-9-11-15(2)18(14)20-19(22)21(3)16-12-7-8-13-17(16)23(4,5)6/h7-13H,1-6H3,(H,20,22). The SMILES string of the molecule is Cc1cccc(C)c1NC(=O)N(C)c1ccccc1[Si](C)(C)C. The largest absolute Gasteiger partial charge is 0.326 e. The summed E-state index contributed by atoms with van der Waals surface area (Å²) in [6, 6.07) is 14.1. The molecule has 2 rings (SSSR count). The average molecular weight is 327 g/mol. The van der Waals surface area contributed by atoms with Crippen LogP contribution in [0.1, 0.15) is 11.1 Å². The zero-order chi connectivity index (χ0) is 17.2. The molecule has 0 bridgehead atoms. The number of hydrogen-bond acceptors (Lipinski definition) is 1. The van der Waals surface area contributed by atoms with Gasteiger partial charge >= 0.3 is 6.03 Å². The Morgan fingerprint density at radius 1 is 0.957 bits per heavy atom. The zero-order valence-electron chi connectivity index (χ0n) is 14.9. The molecule has 0 unspecified atom stereocenters. The normalized spacial score (nSPS) is 11.2. The lowest BCUT2D eigenvalue weighted by Gasteiger charge is -2.27. The van der Waals surface area contributed by atoms with Crippen LogP contribution in [0.4, 0.5) is 16.2 Å². The van der Waals surface area contributed by atoms with Gasteiger partial charge in [0.25, 0.3) is 0 Å². The first-order chi connectivity index (χ1) is 10.7. The number of para-hydroxylation sites is 2. The van der Waals surface area contributed by atoms with Gasteiger partial charge in [-0.3, -0.25) is 4.90 Å². The van der Waals surface area contributed by atoms with E-state index < -0.39 is 8.07 Å². The molecule has 2 aromatic rings. The lowest BCUT2D eigenvalue weighted by molar-refractivity contribution is 0.258. The number of nitrogens with zero attached hydrogens (tertiary/aromatic N) is 1. The maximum Gasteiger partial charge on any atom is 0.326 e. The van der Waals surface area contributed by atoms with Crippen molar-refractivity contribution in [3.05, 3.63) is 53.6 Å². The van der Waals surface area contributed by atoms with E-state index in [0.717, 1.165) is 22.5 Å². The molecule has 0 aliphatic carbocycles. The van der Waals surface area contributed by atoms with Crippen molar-refractivity contribution in [1.82, 2.24) is 0 Å². The first-order valence-electron chi connectivity index (χ1n) is 7.92. The van der Waals surface area contributed by atoms with Gasteiger partial charge < -0.3 is 5.32 Å². The van der Waals surface area contributed by atoms with Crippen LogP contribution in [0.5, 0.6) is 0 Å². The molecule has 2 aromatic carbocycles. The predicted octanol–water partition coefficient (Wildman–Crippen LogP) is 4.52. The fourth-order valence-corrected chi connectivity index (χ4v) is 4.33. The van der Waals surface area contributed by atoms with Gasteiger partial charge in [0.2, 0.25) is 0 Å². The fraction of sp³-hybridized carbons (Fsp3) is 0.316. The molecule has 0 aromatic heterocycles. The van der Waals surface area contributed by atoms with Crippen molar-refractivity contribution in [2.75, 3.05) is 17.3 Å². The quantitative estimate of drug-likeness (QED) is 0.827. The Kier molecular flexibility index (Phi) is 4.95. The van der Waals surface area contributed by atoms with Crippen molar-refractivity contribution in [3.63, 3.8) is 0 Å². The molecule has 0 aliphatic rings. The Morgan fingerprint density at radius 3 is 2.09 bits per heavy atom. The summed E-state index contributed by atoms with van der Waals surface area (Å²) in [7, 11) is 0.313. The van der Waals surface area contributed by atoms with Crippen LogP contribution in [-0.2, 0) is 0 Å². The third-order valence-electron chi connectivity index (χ3n) is 4.09. The first kappa shape index (κ1) is 17.3. The maximum atomic E-state index is 12.7. The molecule has 2 amide bonds. The van der Waals surface area contributed by atoms with E-state index in [4.69, 9.17) is 0 Å². The Bertz CT molecular complexity index is 699. The summed E-state index contributed by atoms with van der Waals surface area (Å²) in [6.07, 6.45) is 0. The summed E-state index contributed by atoms with van der Waals surface area (Å²) in [4.78, 5) is 14.4. The summed E-state index contributed by atoms with van der Waals surface area (Å²) >= 11 is 0. The van der Waals surface area contributed by atoms with Crippen molar-refractivity contribution >= 4 is 30.7 Å². The molecule has 1 N–H and O–H groups in total. The summed E-state index contributed by atoms with van der Waals surface area (Å²) < 4.78 is 0. The Balaban J connectivity index is 2.31. The fourth-order valence-electron chi connectivity index (χ4n) is 2.71. The second-order valence-corrected chi connectivity index (χ2v) is 12.1. The number of hydrogen-bond donors (Lipinski definition) is 1. The van der Waals surface area contributed by atoms with Crippen LogP contribution in [0, 0.1) is 13.8 Å². The average Bonchev–Trinajstić information content (AvgIpc) is 2.49. The third-order valence-corrected chi connectivity index (χ3v) is 6.13. The Labute approximate surface area is 140 Å². The van der Waals surface area contributed by atoms with Crippen molar-refractivity contribution in [3.8, 4) is 0 Å². The molecule has 0 saturated heterocycles. The second-order valence-electron chi connectivity index (χ2n) is 7.02. The van der Waals surface area contributed by atoms with Gasteiger partial charge in [-0.05, 0) is 36.2 Å². The van der Waals surface area contributed by atoms with Gasteiger partial charge in [-0.1, -0.05) is 56.0 Å². The highest BCUT2D eigenvalue weighted by atomic mass is 28.3. The van der Waals surface area contributed by atoms with Crippen LogP contribution in [0.2, 0.25) is 19.6 Å². The van der Waals surface area contributed by atoms with Crippen molar-refractivity contribution in [2.24, 2.45) is 0 Å². The summed E-state index contributed by atoms with van der Waals surface area (Å²) in [5.41, 5.74) is 4.04. The monoisotopic (exact) mass is 326 g/mol. The topological polar surface area (TPSA) is 32.3 Å². The van der Waals surface area contributed by atoms with Gasteiger partial charge in [0.1, 0.15) is 0 Å². The molecule has 0 fully saturated rings. The number of anilines is 2. The van der Waals surface area contributed by atoms with E-state index in [2.05, 4.69) is 31.0 Å². The minimum atomic E-state index is -1.52. The van der Waals surface area contributed by atoms with E-state index in [9.17, 15) is 4.79 Å². The van der Waals surface area contributed by atoms with Gasteiger partial charge in [0.05, 0.1) is 8.07 Å². The second kappa shape index (κ2) is 6.58. The van der Waals surface area contributed by atoms with Crippen molar-refractivity contribution < 1.29 is 4.79 Å². The molecule has 0 spiro atoms. The third kappa shape index (κ3) is 3.82. The molecular weight excluding hydrogens is 300 g/mol. The molecule has 0 heterocycles. The van der Waals surface area contributed by atoms with Crippen LogP contribution in [0.3, 0.4) is 0 Å². The molecule has 122 valence electrons. The van der Waals surface area contributed by atoms with E-state index in [1.54, 1.807) is 4.90 Å². The molecule has 0 saturated carbocycles. The number of nitrogens with one attached hydrogen (secondary N) is 1. The number of rotatable bonds is 3. The smallest absolute Gasteiger partial charge is 0.307 e. The zero-order valence-corrected chi connectivity index (χ0v) is 15.9. The Hall–Kier alpha value is -2.07. The van der Waals surface area contributed by atoms with Crippen LogP contribution in [0.15, 0.2) is 42.5 Å². The molecule has 3 nitrogen and oxygen atoms in total. The minimum Gasteiger partial charge on any atom is -0.307 e. The van der Waals surface area contributed by atoms with E-state index in [1.807, 2.05) is 57.3 Å². The lowest BCUT2D eigenvalue weighted by atomic mass is 10.1. The van der Waals surface area contributed by atoms with Gasteiger partial charge in [-0.15, -0.1) is 0 Å². The minimum absolute atomic E-state index is 0.104. The first-order valence-corrected chi connectivity index (χ1v) is 11.4. The molecule has 0 radical (unpaired) electrons. The van der Waals surface area contributed by atoms with Gasteiger partial charge in [0, 0.05) is 18.4 Å². The van der Waals surface area contributed by atoms with E-state index in [0.29, 0.717) is 0 Å². The van der Waals surface area contributed by atoms with Crippen LogP contribution < -0.4 is 15.4 Å². The van der Waals surface area contributed by atoms with E-state index in [-0.39, 0.29) is 6.03 Å². The van der Waals surface area contributed by atoms with E-state index >= 15 is 0 Å². The highest BCUT2D eigenvalue weighted by Crippen LogP contribution is 2.21. The summed E-state index contributed by atoms with van der Waals surface area (Å²) in [5.74, 6) is 0. The predicted molar refractivity (Wildman–Crippen MR) is 103 cm³/mol. The van der Waals surface area contributed by atoms with E-state index in [1.165, 1.54) is 5.19 Å². The molecular formula is C19H26N2OSi. The summed E-state index contributed by atoms with van der Waals surface area (Å²) in [5, 5.41) is 4.35. The molecule has 0 aliphatic heterocycles. The number of carbonyl (C=O) groups excluding carboxylic acids is 1. The highest BCUT2D eigenvalue weighted by Gasteiger charge is 2.24. The number of aryl methyl sites for hydroxylation is 2. The highest BCUT2D eigenvalue weighted by molar-refractivity contribution is 6.89.